The van der Waals surface area contributed by atoms with Crippen molar-refractivity contribution in [1.82, 2.24) is 0 Å². The van der Waals surface area contributed by atoms with Gasteiger partial charge in [-0.25, -0.2) is 4.99 Å². The Bertz CT molecular complexity index is 997. The number of rotatable bonds is 5. The molecule has 0 heterocycles. The monoisotopic (exact) mass is 397 g/mol. The van der Waals surface area contributed by atoms with Crippen molar-refractivity contribution < 1.29 is 22.6 Å². The van der Waals surface area contributed by atoms with Crippen LogP contribution in [0.4, 0.5) is 18.9 Å². The van der Waals surface area contributed by atoms with Gasteiger partial charge in [-0.05, 0) is 43.3 Å². The van der Waals surface area contributed by atoms with Gasteiger partial charge in [0.2, 0.25) is 5.90 Å². The molecule has 0 aliphatic rings. The molecule has 6 heteroatoms. The molecule has 3 aromatic rings. The average molecular weight is 397 g/mol. The van der Waals surface area contributed by atoms with Crippen LogP contribution in [0.5, 0.6) is 11.5 Å². The maximum absolute atomic E-state index is 13.3. The zero-order valence-corrected chi connectivity index (χ0v) is 15.6. The van der Waals surface area contributed by atoms with Crippen molar-refractivity contribution in [2.75, 3.05) is 0 Å². The topological polar surface area (TPSA) is 30.8 Å². The molecule has 148 valence electrons. The van der Waals surface area contributed by atoms with Crippen LogP contribution in [0, 0.1) is 0 Å². The van der Waals surface area contributed by atoms with E-state index >= 15 is 0 Å². The molecule has 0 aromatic heterocycles. The van der Waals surface area contributed by atoms with Gasteiger partial charge in [-0.15, -0.1) is 0 Å². The van der Waals surface area contributed by atoms with Crippen LogP contribution in [0.1, 0.15) is 12.5 Å². The first-order valence-corrected chi connectivity index (χ1v) is 8.80. The van der Waals surface area contributed by atoms with Crippen molar-refractivity contribution >= 4 is 11.6 Å². The van der Waals surface area contributed by atoms with Gasteiger partial charge in [0.25, 0.3) is 0 Å². The summed E-state index contributed by atoms with van der Waals surface area (Å²) in [7, 11) is 0. The lowest BCUT2D eigenvalue weighted by Crippen LogP contribution is -2.15. The largest absolute Gasteiger partial charge is 0.465 e. The molecule has 3 rings (SSSR count). The summed E-state index contributed by atoms with van der Waals surface area (Å²) in [5.74, 6) is 0.257. The summed E-state index contributed by atoms with van der Waals surface area (Å²) >= 11 is 0. The van der Waals surface area contributed by atoms with Gasteiger partial charge in [0.15, 0.2) is 0 Å². The molecule has 3 nitrogen and oxygen atoms in total. The summed E-state index contributed by atoms with van der Waals surface area (Å²) in [5.41, 5.74) is 0.0895. The third-order valence-electron chi connectivity index (χ3n) is 3.84. The second kappa shape index (κ2) is 9.10. The fraction of sp³-hybridized carbons (Fsp3) is 0.0870. The van der Waals surface area contributed by atoms with Crippen molar-refractivity contribution in [2.45, 2.75) is 13.1 Å². The van der Waals surface area contributed by atoms with Crippen molar-refractivity contribution in [3.63, 3.8) is 0 Å². The summed E-state index contributed by atoms with van der Waals surface area (Å²) in [6, 6.07) is 22.8. The second-order valence-corrected chi connectivity index (χ2v) is 6.08. The van der Waals surface area contributed by atoms with E-state index in [1.807, 2.05) is 24.3 Å². The Morgan fingerprint density at radius 3 is 2.07 bits per heavy atom. The van der Waals surface area contributed by atoms with Gasteiger partial charge in [-0.1, -0.05) is 48.5 Å². The molecule has 0 spiro atoms. The molecule has 0 aliphatic heterocycles. The highest BCUT2D eigenvalue weighted by Gasteiger charge is 2.34. The average Bonchev–Trinajstić information content (AvgIpc) is 2.73. The quantitative estimate of drug-likeness (QED) is 0.269. The molecule has 0 radical (unpaired) electrons. The SMILES string of the molecule is CC(=COc1ccccc1)C(=Nc1ccccc1)Oc1ccccc1C(F)(F)F. The first-order chi connectivity index (χ1) is 13.9. The van der Waals surface area contributed by atoms with Gasteiger partial charge in [0.05, 0.1) is 17.5 Å². The maximum Gasteiger partial charge on any atom is 0.419 e. The van der Waals surface area contributed by atoms with E-state index in [9.17, 15) is 13.2 Å². The predicted octanol–water partition coefficient (Wildman–Crippen LogP) is 6.80. The van der Waals surface area contributed by atoms with Gasteiger partial charge in [0.1, 0.15) is 11.5 Å². The van der Waals surface area contributed by atoms with Crippen LogP contribution in [-0.2, 0) is 6.18 Å². The van der Waals surface area contributed by atoms with Crippen LogP contribution in [-0.4, -0.2) is 5.90 Å². The van der Waals surface area contributed by atoms with Crippen LogP contribution in [0.15, 0.2) is 102 Å². The summed E-state index contributed by atoms with van der Waals surface area (Å²) < 4.78 is 51.2. The Morgan fingerprint density at radius 1 is 0.828 bits per heavy atom. The third kappa shape index (κ3) is 5.72. The molecule has 0 atom stereocenters. The van der Waals surface area contributed by atoms with Gasteiger partial charge >= 0.3 is 6.18 Å². The van der Waals surface area contributed by atoms with E-state index in [4.69, 9.17) is 9.47 Å². The Hall–Kier alpha value is -3.54. The van der Waals surface area contributed by atoms with Crippen LogP contribution >= 0.6 is 0 Å². The van der Waals surface area contributed by atoms with Crippen LogP contribution in [0.25, 0.3) is 0 Å². The van der Waals surface area contributed by atoms with Crippen molar-refractivity contribution in [3.8, 4) is 11.5 Å². The standard InChI is InChI=1S/C23H18F3NO2/c1-17(16-28-19-12-6-3-7-13-19)22(27-18-10-4-2-5-11-18)29-21-15-9-8-14-20(21)23(24,25)26/h2-16H,1H3. The highest BCUT2D eigenvalue weighted by Crippen LogP contribution is 2.36. The molecule has 0 unspecified atom stereocenters. The smallest absolute Gasteiger partial charge is 0.419 e. The van der Waals surface area contributed by atoms with E-state index in [2.05, 4.69) is 4.99 Å². The van der Waals surface area contributed by atoms with E-state index in [0.29, 0.717) is 17.0 Å². The van der Waals surface area contributed by atoms with Crippen LogP contribution < -0.4 is 9.47 Å². The third-order valence-corrected chi connectivity index (χ3v) is 3.84. The van der Waals surface area contributed by atoms with E-state index in [-0.39, 0.29) is 11.6 Å². The molecule has 3 aromatic carbocycles. The normalized spacial score (nSPS) is 12.6. The summed E-state index contributed by atoms with van der Waals surface area (Å²) in [5, 5.41) is 0. The number of hydrogen-bond donors (Lipinski definition) is 0. The molecule has 0 aliphatic carbocycles. The number of aliphatic imine (C=N–C) groups is 1. The predicted molar refractivity (Wildman–Crippen MR) is 106 cm³/mol. The highest BCUT2D eigenvalue weighted by atomic mass is 19.4. The molecule has 0 amide bonds. The zero-order valence-electron chi connectivity index (χ0n) is 15.6. The zero-order chi connectivity index (χ0) is 20.7. The number of ether oxygens (including phenoxy) is 2. The number of nitrogens with zero attached hydrogens (tertiary/aromatic N) is 1. The Labute approximate surface area is 166 Å². The second-order valence-electron chi connectivity index (χ2n) is 6.08. The van der Waals surface area contributed by atoms with Crippen molar-refractivity contribution in [1.29, 1.82) is 0 Å². The maximum atomic E-state index is 13.3. The van der Waals surface area contributed by atoms with Gasteiger partial charge in [-0.2, -0.15) is 13.2 Å². The minimum atomic E-state index is -4.55. The molecule has 0 saturated carbocycles. The molecular weight excluding hydrogens is 379 g/mol. The molecule has 0 saturated heterocycles. The van der Waals surface area contributed by atoms with E-state index < -0.39 is 11.7 Å². The first kappa shape index (κ1) is 20.2. The molecule has 0 fully saturated rings. The summed E-state index contributed by atoms with van der Waals surface area (Å²) in [6.07, 6.45) is -3.15. The van der Waals surface area contributed by atoms with Gasteiger partial charge in [-0.3, -0.25) is 0 Å². The van der Waals surface area contributed by atoms with Crippen LogP contribution in [0.2, 0.25) is 0 Å². The lowest BCUT2D eigenvalue weighted by Gasteiger charge is -2.15. The van der Waals surface area contributed by atoms with Crippen molar-refractivity contribution in [3.05, 3.63) is 102 Å². The molecule has 29 heavy (non-hydrogen) atoms. The van der Waals surface area contributed by atoms with E-state index in [0.717, 1.165) is 6.07 Å². The number of halogens is 3. The van der Waals surface area contributed by atoms with E-state index in [1.165, 1.54) is 24.5 Å². The summed E-state index contributed by atoms with van der Waals surface area (Å²) in [4.78, 5) is 4.37. The highest BCUT2D eigenvalue weighted by molar-refractivity contribution is 5.96. The Morgan fingerprint density at radius 2 is 1.41 bits per heavy atom. The lowest BCUT2D eigenvalue weighted by molar-refractivity contribution is -0.138. The minimum absolute atomic E-state index is 0.00355. The summed E-state index contributed by atoms with van der Waals surface area (Å²) in [6.45, 7) is 1.65. The lowest BCUT2D eigenvalue weighted by atomic mass is 10.2. The van der Waals surface area contributed by atoms with Crippen molar-refractivity contribution in [2.24, 2.45) is 4.99 Å². The Kier molecular flexibility index (Phi) is 6.34. The minimum Gasteiger partial charge on any atom is -0.465 e. The van der Waals surface area contributed by atoms with Gasteiger partial charge in [0, 0.05) is 5.57 Å². The number of alkyl halides is 3. The molecule has 0 N–H and O–H groups in total. The fourth-order valence-corrected chi connectivity index (χ4v) is 2.41. The number of para-hydroxylation sites is 3. The number of benzene rings is 3. The number of hydrogen-bond acceptors (Lipinski definition) is 3. The van der Waals surface area contributed by atoms with E-state index in [1.54, 1.807) is 43.3 Å². The Balaban J connectivity index is 1.95. The molecular formula is C23H18F3NO2. The first-order valence-electron chi connectivity index (χ1n) is 8.80. The van der Waals surface area contributed by atoms with Gasteiger partial charge < -0.3 is 9.47 Å². The fourth-order valence-electron chi connectivity index (χ4n) is 2.41. The van der Waals surface area contributed by atoms with Crippen LogP contribution in [0.3, 0.4) is 0 Å². The molecule has 0 bridgehead atoms.